The molecule has 0 unspecified atom stereocenters. The van der Waals surface area contributed by atoms with Crippen LogP contribution in [0.3, 0.4) is 0 Å². The molecule has 0 atom stereocenters. The van der Waals surface area contributed by atoms with E-state index in [9.17, 15) is 4.79 Å². The lowest BCUT2D eigenvalue weighted by atomic mass is 9.78. The molecule has 2 aliphatic carbocycles. The van der Waals surface area contributed by atoms with Crippen LogP contribution in [0.4, 0.5) is 0 Å². The fourth-order valence-corrected chi connectivity index (χ4v) is 5.40. The molecule has 2 fully saturated rings. The number of allylic oxidation sites excluding steroid dienone is 2. The second kappa shape index (κ2) is 9.57. The summed E-state index contributed by atoms with van der Waals surface area (Å²) in [6, 6.07) is 18.5. The van der Waals surface area contributed by atoms with E-state index in [1.165, 1.54) is 47.9 Å². The van der Waals surface area contributed by atoms with Gasteiger partial charge in [-0.25, -0.2) is 0 Å². The van der Waals surface area contributed by atoms with E-state index in [2.05, 4.69) is 67.6 Å². The van der Waals surface area contributed by atoms with E-state index in [0.29, 0.717) is 11.8 Å². The van der Waals surface area contributed by atoms with E-state index in [1.807, 2.05) is 0 Å². The highest BCUT2D eigenvalue weighted by molar-refractivity contribution is 5.64. The Hall–Kier alpha value is -2.15. The Morgan fingerprint density at radius 2 is 1.03 bits per heavy atom. The maximum atomic E-state index is 11.0. The minimum atomic E-state index is 0.294. The first-order valence-electron chi connectivity index (χ1n) is 11.5. The zero-order valence-electron chi connectivity index (χ0n) is 17.7. The van der Waals surface area contributed by atoms with Crippen LogP contribution in [0.5, 0.6) is 0 Å². The second-order valence-corrected chi connectivity index (χ2v) is 9.13. The van der Waals surface area contributed by atoms with Crippen LogP contribution in [0.2, 0.25) is 0 Å². The summed E-state index contributed by atoms with van der Waals surface area (Å²) in [6.45, 7) is 2.13. The Balaban J connectivity index is 1.37. The van der Waals surface area contributed by atoms with Gasteiger partial charge < -0.3 is 4.79 Å². The zero-order valence-corrected chi connectivity index (χ0v) is 17.7. The third kappa shape index (κ3) is 4.89. The van der Waals surface area contributed by atoms with Gasteiger partial charge in [0.25, 0.3) is 0 Å². The SMILES string of the molecule is C/C=C/C1CCC(c2ccc(-c3ccc([C@H]4CC[C@H](C=O)CC4)cc3)cc2)CC1. The van der Waals surface area contributed by atoms with Crippen molar-refractivity contribution < 1.29 is 4.79 Å². The first kappa shape index (κ1) is 20.1. The average Bonchev–Trinajstić information content (AvgIpc) is 2.80. The highest BCUT2D eigenvalue weighted by Gasteiger charge is 2.22. The maximum absolute atomic E-state index is 11.0. The van der Waals surface area contributed by atoms with Crippen LogP contribution >= 0.6 is 0 Å². The summed E-state index contributed by atoms with van der Waals surface area (Å²) < 4.78 is 0. The van der Waals surface area contributed by atoms with Crippen molar-refractivity contribution in [2.75, 3.05) is 0 Å². The zero-order chi connectivity index (χ0) is 20.1. The minimum absolute atomic E-state index is 0.294. The first-order chi connectivity index (χ1) is 14.3. The van der Waals surface area contributed by atoms with E-state index in [1.54, 1.807) is 0 Å². The van der Waals surface area contributed by atoms with Gasteiger partial charge in [0.05, 0.1) is 0 Å². The summed E-state index contributed by atoms with van der Waals surface area (Å²) in [4.78, 5) is 11.0. The average molecular weight is 387 g/mol. The Bertz CT molecular complexity index is 798. The summed E-state index contributed by atoms with van der Waals surface area (Å²) in [7, 11) is 0. The Morgan fingerprint density at radius 3 is 1.41 bits per heavy atom. The molecule has 1 nitrogen and oxygen atoms in total. The van der Waals surface area contributed by atoms with Gasteiger partial charge in [0.15, 0.2) is 0 Å². The van der Waals surface area contributed by atoms with Gasteiger partial charge in [0, 0.05) is 5.92 Å². The molecule has 2 saturated carbocycles. The molecule has 0 radical (unpaired) electrons. The van der Waals surface area contributed by atoms with Crippen LogP contribution in [0.15, 0.2) is 60.7 Å². The Kier molecular flexibility index (Phi) is 6.64. The molecule has 0 aliphatic heterocycles. The number of rotatable bonds is 5. The molecule has 0 N–H and O–H groups in total. The van der Waals surface area contributed by atoms with Gasteiger partial charge in [0.1, 0.15) is 6.29 Å². The molecule has 2 aromatic carbocycles. The third-order valence-corrected chi connectivity index (χ3v) is 7.30. The predicted molar refractivity (Wildman–Crippen MR) is 122 cm³/mol. The summed E-state index contributed by atoms with van der Waals surface area (Å²) in [6.07, 6.45) is 15.4. The normalized spacial score (nSPS) is 27.8. The summed E-state index contributed by atoms with van der Waals surface area (Å²) in [5.74, 6) is 2.44. The molecule has 0 amide bonds. The quantitative estimate of drug-likeness (QED) is 0.380. The molecule has 0 saturated heterocycles. The van der Waals surface area contributed by atoms with Crippen LogP contribution in [-0.4, -0.2) is 6.29 Å². The lowest BCUT2D eigenvalue weighted by molar-refractivity contribution is -0.111. The number of hydrogen-bond donors (Lipinski definition) is 0. The molecule has 0 spiro atoms. The summed E-state index contributed by atoms with van der Waals surface area (Å²) >= 11 is 0. The smallest absolute Gasteiger partial charge is 0.123 e. The minimum Gasteiger partial charge on any atom is -0.303 e. The van der Waals surface area contributed by atoms with Gasteiger partial charge >= 0.3 is 0 Å². The fourth-order valence-electron chi connectivity index (χ4n) is 5.40. The van der Waals surface area contributed by atoms with Crippen LogP contribution < -0.4 is 0 Å². The molecule has 0 bridgehead atoms. The van der Waals surface area contributed by atoms with E-state index < -0.39 is 0 Å². The predicted octanol–water partition coefficient (Wildman–Crippen LogP) is 7.68. The third-order valence-electron chi connectivity index (χ3n) is 7.30. The van der Waals surface area contributed by atoms with E-state index in [0.717, 1.165) is 43.8 Å². The van der Waals surface area contributed by atoms with Gasteiger partial charge in [0.2, 0.25) is 0 Å². The van der Waals surface area contributed by atoms with E-state index >= 15 is 0 Å². The Labute approximate surface area is 176 Å². The lowest BCUT2D eigenvalue weighted by Gasteiger charge is -2.27. The summed E-state index contributed by atoms with van der Waals surface area (Å²) in [5.41, 5.74) is 5.56. The standard InChI is InChI=1S/C28H34O/c1-2-3-21-4-8-23(9-5-21)25-12-16-27(17-13-25)28-18-14-26(15-19-28)24-10-6-22(20-29)7-11-24/h2-3,12-24H,4-11H2,1H3/b3-2+/t21?,22-,23?,24-. The summed E-state index contributed by atoms with van der Waals surface area (Å²) in [5, 5.41) is 0. The first-order valence-corrected chi connectivity index (χ1v) is 11.5. The van der Waals surface area contributed by atoms with Gasteiger partial charge in [-0.1, -0.05) is 60.7 Å². The maximum Gasteiger partial charge on any atom is 0.123 e. The fraction of sp³-hybridized carbons (Fsp3) is 0.464. The van der Waals surface area contributed by atoms with Crippen LogP contribution in [0.1, 0.15) is 81.3 Å². The lowest BCUT2D eigenvalue weighted by Crippen LogP contribution is -2.14. The van der Waals surface area contributed by atoms with Gasteiger partial charge in [-0.15, -0.1) is 0 Å². The van der Waals surface area contributed by atoms with E-state index in [4.69, 9.17) is 0 Å². The highest BCUT2D eigenvalue weighted by atomic mass is 16.1. The number of carbonyl (C=O) groups is 1. The molecular weight excluding hydrogens is 352 g/mol. The monoisotopic (exact) mass is 386 g/mol. The highest BCUT2D eigenvalue weighted by Crippen LogP contribution is 2.38. The van der Waals surface area contributed by atoms with Crippen molar-refractivity contribution in [3.63, 3.8) is 0 Å². The number of benzene rings is 2. The molecule has 29 heavy (non-hydrogen) atoms. The second-order valence-electron chi connectivity index (χ2n) is 9.13. The molecule has 4 rings (SSSR count). The molecule has 0 aromatic heterocycles. The molecule has 0 heterocycles. The molecule has 152 valence electrons. The van der Waals surface area contributed by atoms with Crippen molar-refractivity contribution in [3.8, 4) is 11.1 Å². The molecule has 2 aliphatic rings. The topological polar surface area (TPSA) is 17.1 Å². The van der Waals surface area contributed by atoms with Crippen molar-refractivity contribution in [1.29, 1.82) is 0 Å². The van der Waals surface area contributed by atoms with E-state index in [-0.39, 0.29) is 0 Å². The Morgan fingerprint density at radius 1 is 0.621 bits per heavy atom. The van der Waals surface area contributed by atoms with Gasteiger partial charge in [-0.2, -0.15) is 0 Å². The van der Waals surface area contributed by atoms with Crippen molar-refractivity contribution in [2.45, 2.75) is 70.1 Å². The van der Waals surface area contributed by atoms with Crippen LogP contribution in [-0.2, 0) is 4.79 Å². The van der Waals surface area contributed by atoms with Crippen molar-refractivity contribution in [3.05, 3.63) is 71.8 Å². The van der Waals surface area contributed by atoms with Crippen molar-refractivity contribution in [1.82, 2.24) is 0 Å². The van der Waals surface area contributed by atoms with Crippen molar-refractivity contribution >= 4 is 6.29 Å². The number of hydrogen-bond acceptors (Lipinski definition) is 1. The van der Waals surface area contributed by atoms with Gasteiger partial charge in [-0.05, 0) is 98.3 Å². The molecule has 1 heteroatoms. The van der Waals surface area contributed by atoms with Crippen LogP contribution in [0, 0.1) is 11.8 Å². The molecular formula is C28H34O. The van der Waals surface area contributed by atoms with Gasteiger partial charge in [-0.3, -0.25) is 0 Å². The number of carbonyl (C=O) groups excluding carboxylic acids is 1. The van der Waals surface area contributed by atoms with Crippen LogP contribution in [0.25, 0.3) is 11.1 Å². The van der Waals surface area contributed by atoms with Crippen molar-refractivity contribution in [2.24, 2.45) is 11.8 Å². The largest absolute Gasteiger partial charge is 0.303 e. The number of aldehydes is 1. The molecule has 2 aromatic rings.